The largest absolute Gasteiger partial charge is 0.493 e. The molecule has 2 N–H and O–H groups in total. The minimum Gasteiger partial charge on any atom is -0.493 e. The molecular weight excluding hydrogens is 349 g/mol. The summed E-state index contributed by atoms with van der Waals surface area (Å²) in [4.78, 5) is 4.16. The van der Waals surface area contributed by atoms with Crippen LogP contribution in [0.3, 0.4) is 0 Å². The Kier molecular flexibility index (Phi) is 8.22. The quantitative estimate of drug-likeness (QED) is 0.401. The molecule has 0 aliphatic heterocycles. The number of benzene rings is 2. The third-order valence-electron chi connectivity index (χ3n) is 3.64. The molecule has 0 aromatic heterocycles. The average Bonchev–Trinajstić information content (AvgIpc) is 2.68. The third-order valence-corrected chi connectivity index (χ3v) is 3.64. The van der Waals surface area contributed by atoms with Gasteiger partial charge >= 0.3 is 0 Å². The second-order valence-electron chi connectivity index (χ2n) is 5.77. The lowest BCUT2D eigenvalue weighted by molar-refractivity contribution is 0.213. The molecule has 0 aliphatic rings. The van der Waals surface area contributed by atoms with Gasteiger partial charge in [-0.25, -0.2) is 4.39 Å². The molecule has 7 heteroatoms. The maximum atomic E-state index is 13.1. The minimum atomic E-state index is -0.318. The molecule has 2 aromatic rings. The highest BCUT2D eigenvalue weighted by atomic mass is 19.1. The summed E-state index contributed by atoms with van der Waals surface area (Å²) < 4.78 is 29.8. The van der Waals surface area contributed by atoms with E-state index in [0.717, 1.165) is 0 Å². The van der Waals surface area contributed by atoms with Crippen molar-refractivity contribution in [3.63, 3.8) is 0 Å². The fourth-order valence-electron chi connectivity index (χ4n) is 2.33. The van der Waals surface area contributed by atoms with Crippen LogP contribution in [0.15, 0.2) is 53.5 Å². The number of hydrogen-bond donors (Lipinski definition) is 2. The number of nitrogens with one attached hydrogen (secondary N) is 2. The van der Waals surface area contributed by atoms with Crippen LogP contribution in [0.4, 0.5) is 4.39 Å². The van der Waals surface area contributed by atoms with Gasteiger partial charge in [-0.15, -0.1) is 0 Å². The maximum Gasteiger partial charge on any atom is 0.191 e. The Morgan fingerprint density at radius 3 is 2.59 bits per heavy atom. The van der Waals surface area contributed by atoms with E-state index in [-0.39, 0.29) is 11.9 Å². The van der Waals surface area contributed by atoms with E-state index in [1.54, 1.807) is 26.3 Å². The number of guanidine groups is 1. The van der Waals surface area contributed by atoms with E-state index in [1.165, 1.54) is 12.1 Å². The molecule has 6 nitrogen and oxygen atoms in total. The highest BCUT2D eigenvalue weighted by Gasteiger charge is 2.09. The number of ether oxygens (including phenoxy) is 3. The molecule has 1 atom stereocenters. The highest BCUT2D eigenvalue weighted by molar-refractivity contribution is 5.79. The normalized spacial score (nSPS) is 12.2. The number of nitrogens with zero attached hydrogens (tertiary/aromatic N) is 1. The van der Waals surface area contributed by atoms with Gasteiger partial charge in [-0.1, -0.05) is 18.2 Å². The second kappa shape index (κ2) is 10.9. The summed E-state index contributed by atoms with van der Waals surface area (Å²) in [6.45, 7) is 3.43. The smallest absolute Gasteiger partial charge is 0.191 e. The van der Waals surface area contributed by atoms with E-state index in [9.17, 15) is 4.39 Å². The number of rotatable bonds is 9. The fourth-order valence-corrected chi connectivity index (χ4v) is 2.33. The number of methoxy groups -OCH3 is 1. The van der Waals surface area contributed by atoms with E-state index >= 15 is 0 Å². The van der Waals surface area contributed by atoms with Gasteiger partial charge in [-0.2, -0.15) is 0 Å². The predicted octanol–water partition coefficient (Wildman–Crippen LogP) is 2.85. The van der Waals surface area contributed by atoms with Crippen molar-refractivity contribution in [2.45, 2.75) is 13.0 Å². The van der Waals surface area contributed by atoms with Crippen LogP contribution in [0.5, 0.6) is 17.2 Å². The van der Waals surface area contributed by atoms with Crippen LogP contribution in [0, 0.1) is 5.82 Å². The number of hydrogen-bond acceptors (Lipinski definition) is 4. The second-order valence-corrected chi connectivity index (χ2v) is 5.77. The Morgan fingerprint density at radius 2 is 1.89 bits per heavy atom. The zero-order chi connectivity index (χ0) is 19.5. The molecule has 0 saturated heterocycles. The monoisotopic (exact) mass is 375 g/mol. The van der Waals surface area contributed by atoms with Crippen LogP contribution in [-0.2, 0) is 0 Å². The van der Waals surface area contributed by atoms with Crippen LogP contribution >= 0.6 is 0 Å². The molecule has 0 fully saturated rings. The molecule has 1 unspecified atom stereocenters. The summed E-state index contributed by atoms with van der Waals surface area (Å²) in [7, 11) is 3.30. The summed E-state index contributed by atoms with van der Waals surface area (Å²) in [6.07, 6.45) is -0.0941. The standard InChI is InChI=1S/C20H26FN3O3/c1-15(27-19-10-5-4-9-18(19)25-3)14-24-20(22-2)23-11-12-26-17-8-6-7-16(21)13-17/h4-10,13,15H,11-12,14H2,1-3H3,(H2,22,23,24). The number of aliphatic imine (C=N–C) groups is 1. The van der Waals surface area contributed by atoms with E-state index in [1.807, 2.05) is 31.2 Å². The molecule has 2 rings (SSSR count). The first-order valence-electron chi connectivity index (χ1n) is 8.75. The van der Waals surface area contributed by atoms with Crippen LogP contribution in [0.1, 0.15) is 6.92 Å². The minimum absolute atomic E-state index is 0.0941. The fraction of sp³-hybridized carbons (Fsp3) is 0.350. The molecule has 146 valence electrons. The Balaban J connectivity index is 1.70. The van der Waals surface area contributed by atoms with Crippen molar-refractivity contribution in [3.05, 3.63) is 54.3 Å². The van der Waals surface area contributed by atoms with Gasteiger partial charge in [0.25, 0.3) is 0 Å². The van der Waals surface area contributed by atoms with E-state index in [0.29, 0.717) is 42.9 Å². The zero-order valence-corrected chi connectivity index (χ0v) is 15.9. The van der Waals surface area contributed by atoms with Crippen LogP contribution in [0.2, 0.25) is 0 Å². The van der Waals surface area contributed by atoms with Gasteiger partial charge in [-0.05, 0) is 31.2 Å². The Morgan fingerprint density at radius 1 is 1.11 bits per heavy atom. The van der Waals surface area contributed by atoms with Crippen molar-refractivity contribution >= 4 is 5.96 Å². The van der Waals surface area contributed by atoms with Gasteiger partial charge in [0.05, 0.1) is 20.2 Å². The first kappa shape index (κ1) is 20.4. The third kappa shape index (κ3) is 7.05. The zero-order valence-electron chi connectivity index (χ0n) is 15.9. The van der Waals surface area contributed by atoms with Gasteiger partial charge in [-0.3, -0.25) is 4.99 Å². The molecule has 0 spiro atoms. The summed E-state index contributed by atoms with van der Waals surface area (Å²) in [5, 5.41) is 6.33. The molecule has 0 amide bonds. The van der Waals surface area contributed by atoms with E-state index in [2.05, 4.69) is 15.6 Å². The molecule has 0 saturated carbocycles. The van der Waals surface area contributed by atoms with Crippen molar-refractivity contribution < 1.29 is 18.6 Å². The Bertz CT molecular complexity index is 740. The molecule has 27 heavy (non-hydrogen) atoms. The summed E-state index contributed by atoms with van der Waals surface area (Å²) >= 11 is 0. The van der Waals surface area contributed by atoms with Crippen molar-refractivity contribution in [1.29, 1.82) is 0 Å². The van der Waals surface area contributed by atoms with Crippen LogP contribution in [-0.4, -0.2) is 45.9 Å². The highest BCUT2D eigenvalue weighted by Crippen LogP contribution is 2.26. The van der Waals surface area contributed by atoms with Crippen LogP contribution in [0.25, 0.3) is 0 Å². The number of para-hydroxylation sites is 2. The lowest BCUT2D eigenvalue weighted by atomic mass is 10.3. The molecular formula is C20H26FN3O3. The average molecular weight is 375 g/mol. The van der Waals surface area contributed by atoms with Gasteiger partial charge in [0, 0.05) is 13.1 Å². The van der Waals surface area contributed by atoms with E-state index < -0.39 is 0 Å². The lowest BCUT2D eigenvalue weighted by Gasteiger charge is -2.19. The Labute approximate surface area is 159 Å². The lowest BCUT2D eigenvalue weighted by Crippen LogP contribution is -2.43. The first-order valence-corrected chi connectivity index (χ1v) is 8.75. The molecule has 0 bridgehead atoms. The molecule has 0 aliphatic carbocycles. The van der Waals surface area contributed by atoms with Gasteiger partial charge in [0.2, 0.25) is 0 Å². The molecule has 2 aromatic carbocycles. The molecule has 0 radical (unpaired) electrons. The van der Waals surface area contributed by atoms with Crippen LogP contribution < -0.4 is 24.8 Å². The van der Waals surface area contributed by atoms with Crippen molar-refractivity contribution in [2.75, 3.05) is 33.9 Å². The summed E-state index contributed by atoms with van der Waals surface area (Å²) in [5.74, 6) is 2.20. The first-order chi connectivity index (χ1) is 13.1. The SMILES string of the molecule is CN=C(NCCOc1cccc(F)c1)NCC(C)Oc1ccccc1OC. The summed E-state index contributed by atoms with van der Waals surface area (Å²) in [5.41, 5.74) is 0. The molecule has 0 heterocycles. The van der Waals surface area contributed by atoms with Gasteiger partial charge in [0.1, 0.15) is 24.3 Å². The maximum absolute atomic E-state index is 13.1. The van der Waals surface area contributed by atoms with Crippen molar-refractivity contribution in [3.8, 4) is 17.2 Å². The van der Waals surface area contributed by atoms with Crippen molar-refractivity contribution in [2.24, 2.45) is 4.99 Å². The van der Waals surface area contributed by atoms with Gasteiger partial charge in [0.15, 0.2) is 17.5 Å². The summed E-state index contributed by atoms with van der Waals surface area (Å²) in [6, 6.07) is 13.6. The van der Waals surface area contributed by atoms with Crippen molar-refractivity contribution in [1.82, 2.24) is 10.6 Å². The van der Waals surface area contributed by atoms with Gasteiger partial charge < -0.3 is 24.8 Å². The predicted molar refractivity (Wildman–Crippen MR) is 104 cm³/mol. The topological polar surface area (TPSA) is 64.1 Å². The Hall–Kier alpha value is -2.96. The van der Waals surface area contributed by atoms with E-state index in [4.69, 9.17) is 14.2 Å². The number of halogens is 1.